The van der Waals surface area contributed by atoms with Crippen molar-refractivity contribution in [2.45, 2.75) is 26.4 Å². The molecule has 0 spiro atoms. The average molecular weight is 228 g/mol. The molecule has 1 aliphatic heterocycles. The summed E-state index contributed by atoms with van der Waals surface area (Å²) in [5.41, 5.74) is 5.20. The van der Waals surface area contributed by atoms with Crippen molar-refractivity contribution in [2.75, 3.05) is 6.54 Å². The first-order chi connectivity index (χ1) is 8.33. The number of hydrogen-bond acceptors (Lipinski definition) is 3. The first kappa shape index (κ1) is 10.5. The number of aryl methyl sites for hydroxylation is 1. The molecule has 0 aromatic carbocycles. The quantitative estimate of drug-likeness (QED) is 0.850. The SMILES string of the molecule is Cc1ccnc2c1CN(Cc1ccn[nH]1)CC2. The Morgan fingerprint density at radius 2 is 2.29 bits per heavy atom. The topological polar surface area (TPSA) is 44.8 Å². The number of aromatic amines is 1. The fourth-order valence-corrected chi connectivity index (χ4v) is 2.39. The molecule has 0 aliphatic carbocycles. The third-order valence-corrected chi connectivity index (χ3v) is 3.38. The number of hydrogen-bond donors (Lipinski definition) is 1. The molecule has 17 heavy (non-hydrogen) atoms. The van der Waals surface area contributed by atoms with Crippen molar-refractivity contribution in [1.82, 2.24) is 20.1 Å². The summed E-state index contributed by atoms with van der Waals surface area (Å²) in [6.07, 6.45) is 4.77. The highest BCUT2D eigenvalue weighted by Gasteiger charge is 2.18. The van der Waals surface area contributed by atoms with Crippen molar-refractivity contribution in [1.29, 1.82) is 0 Å². The van der Waals surface area contributed by atoms with Gasteiger partial charge in [0.15, 0.2) is 0 Å². The lowest BCUT2D eigenvalue weighted by Gasteiger charge is -2.28. The molecular formula is C13H16N4. The van der Waals surface area contributed by atoms with Crippen LogP contribution in [0.5, 0.6) is 0 Å². The number of H-pyrrole nitrogens is 1. The van der Waals surface area contributed by atoms with E-state index in [1.807, 2.05) is 12.3 Å². The van der Waals surface area contributed by atoms with Gasteiger partial charge in [-0.1, -0.05) is 0 Å². The summed E-state index contributed by atoms with van der Waals surface area (Å²) in [5.74, 6) is 0. The van der Waals surface area contributed by atoms with Gasteiger partial charge < -0.3 is 0 Å². The Morgan fingerprint density at radius 3 is 3.12 bits per heavy atom. The third kappa shape index (κ3) is 2.08. The van der Waals surface area contributed by atoms with Gasteiger partial charge in [-0.15, -0.1) is 0 Å². The molecule has 3 rings (SSSR count). The predicted molar refractivity (Wildman–Crippen MR) is 65.4 cm³/mol. The molecule has 1 N–H and O–H groups in total. The minimum atomic E-state index is 0.938. The van der Waals surface area contributed by atoms with Crippen LogP contribution in [0.4, 0.5) is 0 Å². The summed E-state index contributed by atoms with van der Waals surface area (Å²) in [5, 5.41) is 7.00. The largest absolute Gasteiger partial charge is 0.293 e. The van der Waals surface area contributed by atoms with Crippen LogP contribution in [-0.2, 0) is 19.5 Å². The Morgan fingerprint density at radius 1 is 1.35 bits per heavy atom. The molecule has 0 radical (unpaired) electrons. The Hall–Kier alpha value is -1.68. The zero-order valence-corrected chi connectivity index (χ0v) is 9.98. The highest BCUT2D eigenvalue weighted by Crippen LogP contribution is 2.21. The highest BCUT2D eigenvalue weighted by atomic mass is 15.2. The molecule has 0 saturated carbocycles. The fraction of sp³-hybridized carbons (Fsp3) is 0.385. The Bertz CT molecular complexity index is 504. The maximum Gasteiger partial charge on any atom is 0.0492 e. The standard InChI is InChI=1S/C13H16N4/c1-10-2-5-14-13-4-7-17(9-12(10)13)8-11-3-6-15-16-11/h2-3,5-6H,4,7-9H2,1H3,(H,15,16). The zero-order chi connectivity index (χ0) is 11.7. The van der Waals surface area contributed by atoms with Gasteiger partial charge in [-0.2, -0.15) is 5.10 Å². The van der Waals surface area contributed by atoms with Gasteiger partial charge >= 0.3 is 0 Å². The summed E-state index contributed by atoms with van der Waals surface area (Å²) >= 11 is 0. The molecule has 0 saturated heterocycles. The second-order valence-corrected chi connectivity index (χ2v) is 4.60. The molecule has 0 amide bonds. The van der Waals surface area contributed by atoms with E-state index in [0.29, 0.717) is 0 Å². The van der Waals surface area contributed by atoms with E-state index in [2.05, 4.69) is 33.1 Å². The molecule has 4 heteroatoms. The van der Waals surface area contributed by atoms with Crippen LogP contribution in [0, 0.1) is 6.92 Å². The molecule has 0 unspecified atom stereocenters. The van der Waals surface area contributed by atoms with E-state index in [4.69, 9.17) is 0 Å². The van der Waals surface area contributed by atoms with Crippen LogP contribution < -0.4 is 0 Å². The highest BCUT2D eigenvalue weighted by molar-refractivity contribution is 5.30. The van der Waals surface area contributed by atoms with Crippen molar-refractivity contribution in [3.8, 4) is 0 Å². The van der Waals surface area contributed by atoms with E-state index in [-0.39, 0.29) is 0 Å². The number of rotatable bonds is 2. The number of fused-ring (bicyclic) bond motifs is 1. The monoisotopic (exact) mass is 228 g/mol. The Balaban J connectivity index is 1.78. The lowest BCUT2D eigenvalue weighted by Crippen LogP contribution is -2.31. The minimum absolute atomic E-state index is 0.938. The number of nitrogens with one attached hydrogen (secondary N) is 1. The van der Waals surface area contributed by atoms with E-state index in [9.17, 15) is 0 Å². The molecule has 4 nitrogen and oxygen atoms in total. The first-order valence-electron chi connectivity index (χ1n) is 5.97. The number of aromatic nitrogens is 3. The maximum atomic E-state index is 4.46. The average Bonchev–Trinajstić information content (AvgIpc) is 2.83. The van der Waals surface area contributed by atoms with Gasteiger partial charge in [-0.05, 0) is 30.2 Å². The smallest absolute Gasteiger partial charge is 0.0492 e. The number of pyridine rings is 1. The van der Waals surface area contributed by atoms with Crippen LogP contribution in [-0.4, -0.2) is 26.6 Å². The lowest BCUT2D eigenvalue weighted by molar-refractivity contribution is 0.240. The predicted octanol–water partition coefficient (Wildman–Crippen LogP) is 1.67. The summed E-state index contributed by atoms with van der Waals surface area (Å²) in [6.45, 7) is 5.17. The van der Waals surface area contributed by atoms with E-state index >= 15 is 0 Å². The summed E-state index contributed by atoms with van der Waals surface area (Å²) in [7, 11) is 0. The van der Waals surface area contributed by atoms with Gasteiger partial charge in [-0.3, -0.25) is 15.0 Å². The molecule has 0 atom stereocenters. The molecule has 1 aliphatic rings. The molecular weight excluding hydrogens is 212 g/mol. The lowest BCUT2D eigenvalue weighted by atomic mass is 10.0. The second-order valence-electron chi connectivity index (χ2n) is 4.60. The van der Waals surface area contributed by atoms with Crippen LogP contribution in [0.25, 0.3) is 0 Å². The van der Waals surface area contributed by atoms with Gasteiger partial charge in [0.25, 0.3) is 0 Å². The molecule has 2 aromatic heterocycles. The van der Waals surface area contributed by atoms with Crippen LogP contribution in [0.2, 0.25) is 0 Å². The fourth-order valence-electron chi connectivity index (χ4n) is 2.39. The Labute approximate surface area is 101 Å². The first-order valence-corrected chi connectivity index (χ1v) is 5.97. The molecule has 0 bridgehead atoms. The summed E-state index contributed by atoms with van der Waals surface area (Å²) in [6, 6.07) is 4.13. The molecule has 3 heterocycles. The summed E-state index contributed by atoms with van der Waals surface area (Å²) < 4.78 is 0. The molecule has 2 aromatic rings. The zero-order valence-electron chi connectivity index (χ0n) is 9.98. The van der Waals surface area contributed by atoms with Crippen molar-refractivity contribution in [3.63, 3.8) is 0 Å². The minimum Gasteiger partial charge on any atom is -0.293 e. The molecule has 88 valence electrons. The van der Waals surface area contributed by atoms with Crippen LogP contribution in [0.3, 0.4) is 0 Å². The van der Waals surface area contributed by atoms with Crippen molar-refractivity contribution in [3.05, 3.63) is 47.0 Å². The second kappa shape index (κ2) is 4.30. The van der Waals surface area contributed by atoms with Crippen molar-refractivity contribution >= 4 is 0 Å². The Kier molecular flexibility index (Phi) is 2.65. The van der Waals surface area contributed by atoms with Gasteiger partial charge in [0, 0.05) is 49.8 Å². The normalized spacial score (nSPS) is 15.8. The van der Waals surface area contributed by atoms with Crippen LogP contribution in [0.1, 0.15) is 22.5 Å². The number of nitrogens with zero attached hydrogens (tertiary/aromatic N) is 3. The van der Waals surface area contributed by atoms with Crippen LogP contribution >= 0.6 is 0 Å². The van der Waals surface area contributed by atoms with E-state index in [0.717, 1.165) is 26.1 Å². The van der Waals surface area contributed by atoms with E-state index in [1.165, 1.54) is 22.5 Å². The van der Waals surface area contributed by atoms with E-state index < -0.39 is 0 Å². The van der Waals surface area contributed by atoms with E-state index in [1.54, 1.807) is 6.20 Å². The van der Waals surface area contributed by atoms with Gasteiger partial charge in [0.05, 0.1) is 0 Å². The maximum absolute atomic E-state index is 4.46. The van der Waals surface area contributed by atoms with Crippen molar-refractivity contribution in [2.24, 2.45) is 0 Å². The molecule has 0 fully saturated rings. The van der Waals surface area contributed by atoms with Crippen LogP contribution in [0.15, 0.2) is 24.5 Å². The van der Waals surface area contributed by atoms with Gasteiger partial charge in [0.1, 0.15) is 0 Å². The van der Waals surface area contributed by atoms with Gasteiger partial charge in [-0.25, -0.2) is 0 Å². The van der Waals surface area contributed by atoms with Gasteiger partial charge in [0.2, 0.25) is 0 Å². The van der Waals surface area contributed by atoms with Crippen molar-refractivity contribution < 1.29 is 0 Å². The summed E-state index contributed by atoms with van der Waals surface area (Å²) in [4.78, 5) is 6.90. The third-order valence-electron chi connectivity index (χ3n) is 3.38.